The van der Waals surface area contributed by atoms with Gasteiger partial charge in [0, 0.05) is 43.0 Å². The molecule has 3 N–H and O–H groups in total. The van der Waals surface area contributed by atoms with Gasteiger partial charge in [-0.1, -0.05) is 0 Å². The second-order valence-corrected chi connectivity index (χ2v) is 1.02. The van der Waals surface area contributed by atoms with Gasteiger partial charge in [0.2, 0.25) is 0 Å². The van der Waals surface area contributed by atoms with Crippen LogP contribution in [0, 0.1) is 6.92 Å². The maximum Gasteiger partial charge on any atom is 0.0319 e. The van der Waals surface area contributed by atoms with Crippen molar-refractivity contribution in [2.75, 3.05) is 27.1 Å². The average Bonchev–Trinajstić information content (AvgIpc) is 2.14. The third-order valence-electron chi connectivity index (χ3n) is 0.158. The molecular weight excluding hydrogens is 200 g/mol. The smallest absolute Gasteiger partial charge is 0.0319 e. The summed E-state index contributed by atoms with van der Waals surface area (Å²) in [7, 11) is 3.00. The van der Waals surface area contributed by atoms with Crippen LogP contribution in [0.5, 0.6) is 0 Å². The van der Waals surface area contributed by atoms with E-state index in [2.05, 4.69) is 19.6 Å². The molecule has 0 spiro atoms. The Morgan fingerprint density at radius 3 is 1.09 bits per heavy atom. The predicted octanol–water partition coefficient (Wildman–Crippen LogP) is -0.0366. The number of aliphatic hydroxyl groups excluding tert-OH is 3. The van der Waals surface area contributed by atoms with Crippen LogP contribution in [0.15, 0.2) is 0 Å². The molecule has 0 amide bonds. The molecule has 0 fully saturated rings. The van der Waals surface area contributed by atoms with Gasteiger partial charge in [-0.3, -0.25) is 0 Å². The van der Waals surface area contributed by atoms with Crippen LogP contribution in [0.25, 0.3) is 0 Å². The van der Waals surface area contributed by atoms with Gasteiger partial charge >= 0.3 is 0 Å². The van der Waals surface area contributed by atoms with Crippen molar-refractivity contribution in [3.05, 3.63) is 6.92 Å². The Labute approximate surface area is 90.1 Å². The van der Waals surface area contributed by atoms with Crippen LogP contribution in [-0.2, 0) is 21.7 Å². The zero-order valence-corrected chi connectivity index (χ0v) is 9.87. The second-order valence-electron chi connectivity index (χ2n) is 0.577. The van der Waals surface area contributed by atoms with Crippen molar-refractivity contribution >= 4 is 12.6 Å². The molecule has 0 heterocycles. The summed E-state index contributed by atoms with van der Waals surface area (Å²) >= 11 is 3.86. The van der Waals surface area contributed by atoms with Crippen molar-refractivity contribution in [1.82, 2.24) is 0 Å². The van der Waals surface area contributed by atoms with Crippen LogP contribution in [0.4, 0.5) is 0 Å². The van der Waals surface area contributed by atoms with Crippen molar-refractivity contribution in [3.63, 3.8) is 0 Å². The monoisotopic (exact) mass is 219 g/mol. The molecule has 5 heteroatoms. The third kappa shape index (κ3) is 232. The molecule has 0 aromatic carbocycles. The largest absolute Gasteiger partial charge is 0.400 e. The number of aliphatic hydroxyl groups is 3. The molecule has 72 valence electrons. The zero-order valence-electron chi connectivity index (χ0n) is 7.41. The molecule has 0 aliphatic carbocycles. The summed E-state index contributed by atoms with van der Waals surface area (Å²) in [5.41, 5.74) is 0. The fraction of sp³-hybridized carbons (Fsp3) is 0.833. The molecule has 0 saturated heterocycles. The van der Waals surface area contributed by atoms with Crippen LogP contribution in [0.1, 0.15) is 6.42 Å². The van der Waals surface area contributed by atoms with Crippen LogP contribution in [0.3, 0.4) is 0 Å². The van der Waals surface area contributed by atoms with Gasteiger partial charge in [-0.2, -0.15) is 19.0 Å². The summed E-state index contributed by atoms with van der Waals surface area (Å²) in [6.45, 7) is 3.53. The van der Waals surface area contributed by atoms with E-state index in [0.717, 1.165) is 33.5 Å². The fourth-order valence-corrected chi connectivity index (χ4v) is 0. The Hall–Kier alpha value is 0.944. The van der Waals surface area contributed by atoms with Crippen molar-refractivity contribution in [1.29, 1.82) is 0 Å². The number of thiol groups is 1. The summed E-state index contributed by atoms with van der Waals surface area (Å²) in [5.74, 6) is 0.903. The molecule has 0 saturated carbocycles. The molecule has 0 bridgehead atoms. The zero-order chi connectivity index (χ0) is 9.41. The number of rotatable bonds is 1. The van der Waals surface area contributed by atoms with E-state index in [9.17, 15) is 0 Å². The minimum absolute atomic E-state index is 0. The first-order valence-electron chi connectivity index (χ1n) is 2.66. The van der Waals surface area contributed by atoms with E-state index in [1.54, 1.807) is 0 Å². The van der Waals surface area contributed by atoms with Gasteiger partial charge in [-0.25, -0.2) is 0 Å². The first-order chi connectivity index (χ1) is 4.91. The standard InChI is InChI=1S/C3H7S.3CH4O.Ti/c1-2-3-4;3*1-2;/h4H,1-3H2;3*2H,1H3;/q-1;;;;. The van der Waals surface area contributed by atoms with E-state index in [-0.39, 0.29) is 21.7 Å². The quantitative estimate of drug-likeness (QED) is 0.284. The van der Waals surface area contributed by atoms with Crippen molar-refractivity contribution in [3.8, 4) is 0 Å². The molecule has 0 aliphatic heterocycles. The Morgan fingerprint density at radius 1 is 1.00 bits per heavy atom. The van der Waals surface area contributed by atoms with Crippen LogP contribution in [-0.4, -0.2) is 42.4 Å². The van der Waals surface area contributed by atoms with E-state index in [1.165, 1.54) is 0 Å². The minimum Gasteiger partial charge on any atom is -0.400 e. The van der Waals surface area contributed by atoms with Crippen LogP contribution in [0.2, 0.25) is 0 Å². The van der Waals surface area contributed by atoms with E-state index in [0.29, 0.717) is 0 Å². The predicted molar refractivity (Wildman–Crippen MR) is 48.3 cm³/mol. The van der Waals surface area contributed by atoms with Gasteiger partial charge in [0.05, 0.1) is 0 Å². The molecule has 0 unspecified atom stereocenters. The molecule has 3 nitrogen and oxygen atoms in total. The molecule has 11 heavy (non-hydrogen) atoms. The number of hydrogen-bond acceptors (Lipinski definition) is 4. The Kier molecular flexibility index (Phi) is 337. The minimum atomic E-state index is 0. The Morgan fingerprint density at radius 2 is 1.09 bits per heavy atom. The Bertz CT molecular complexity index is 19.8. The summed E-state index contributed by atoms with van der Waals surface area (Å²) in [6.07, 6.45) is 0.934. The molecule has 0 aromatic heterocycles. The number of hydrogen-bond donors (Lipinski definition) is 4. The molecule has 0 aromatic rings. The SMILES string of the molecule is CO.CO.CO.[CH2-]CCS.[Ti]. The molecule has 0 atom stereocenters. The van der Waals surface area contributed by atoms with Gasteiger partial charge in [-0.05, 0) is 5.75 Å². The maximum atomic E-state index is 7.00. The second kappa shape index (κ2) is 125. The summed E-state index contributed by atoms with van der Waals surface area (Å²) in [6, 6.07) is 0. The Balaban J connectivity index is -0.0000000152. The molecular formula is C6H19O3STi-. The molecule has 0 radical (unpaired) electrons. The van der Waals surface area contributed by atoms with Crippen LogP contribution < -0.4 is 0 Å². The average molecular weight is 219 g/mol. The van der Waals surface area contributed by atoms with Gasteiger partial charge in [0.25, 0.3) is 0 Å². The van der Waals surface area contributed by atoms with Gasteiger partial charge in [0.15, 0.2) is 0 Å². The summed E-state index contributed by atoms with van der Waals surface area (Å²) < 4.78 is 0. The van der Waals surface area contributed by atoms with E-state index in [1.807, 2.05) is 0 Å². The normalized spacial score (nSPS) is 4.36. The van der Waals surface area contributed by atoms with Gasteiger partial charge in [-0.15, -0.1) is 0 Å². The van der Waals surface area contributed by atoms with Crippen LogP contribution >= 0.6 is 12.6 Å². The van der Waals surface area contributed by atoms with Crippen molar-refractivity contribution in [2.24, 2.45) is 0 Å². The molecule has 0 rings (SSSR count). The van der Waals surface area contributed by atoms with Crippen molar-refractivity contribution < 1.29 is 37.0 Å². The van der Waals surface area contributed by atoms with E-state index in [4.69, 9.17) is 15.3 Å². The first-order valence-corrected chi connectivity index (χ1v) is 3.29. The summed E-state index contributed by atoms with van der Waals surface area (Å²) in [4.78, 5) is 0. The van der Waals surface area contributed by atoms with E-state index < -0.39 is 0 Å². The summed E-state index contributed by atoms with van der Waals surface area (Å²) in [5, 5.41) is 21.0. The third-order valence-corrected chi connectivity index (χ3v) is 0.474. The maximum absolute atomic E-state index is 7.00. The molecule has 0 aliphatic rings. The van der Waals surface area contributed by atoms with Gasteiger partial charge < -0.3 is 22.2 Å². The van der Waals surface area contributed by atoms with Gasteiger partial charge in [0.1, 0.15) is 0 Å². The topological polar surface area (TPSA) is 60.7 Å². The van der Waals surface area contributed by atoms with E-state index >= 15 is 0 Å². The first kappa shape index (κ1) is 29.7. The van der Waals surface area contributed by atoms with Crippen molar-refractivity contribution in [2.45, 2.75) is 6.42 Å². The fourth-order valence-electron chi connectivity index (χ4n) is 0.